The molecule has 2 radical (unpaired) electrons. The summed E-state index contributed by atoms with van der Waals surface area (Å²) in [4.78, 5) is 80.6. The minimum atomic E-state index is -4.75. The number of carbonyl (C=O) groups is 4. The molecule has 0 bridgehead atoms. The first-order chi connectivity index (χ1) is 32.3. The van der Waals surface area contributed by atoms with E-state index >= 15 is 0 Å². The van der Waals surface area contributed by atoms with Gasteiger partial charge in [0.15, 0.2) is 0 Å². The lowest BCUT2D eigenvalue weighted by atomic mass is 9.96. The number of fused-ring (bicyclic) bond motifs is 9. The molecule has 7 N–H and O–H groups in total. The molecule has 348 valence electrons. The van der Waals surface area contributed by atoms with Gasteiger partial charge in [-0.3, -0.25) is 23.8 Å². The van der Waals surface area contributed by atoms with E-state index in [-0.39, 0.29) is 37.2 Å². The van der Waals surface area contributed by atoms with E-state index in [2.05, 4.69) is 20.3 Å². The molecule has 67 heavy (non-hydrogen) atoms. The first kappa shape index (κ1) is 44.8. The van der Waals surface area contributed by atoms with Crippen molar-refractivity contribution < 1.29 is 52.3 Å². The highest BCUT2D eigenvalue weighted by atomic mass is 31.2. The molecule has 6 aromatic rings. The van der Waals surface area contributed by atoms with Crippen LogP contribution in [0.25, 0.3) is 32.7 Å². The van der Waals surface area contributed by atoms with Crippen LogP contribution in [0.4, 0.5) is 21.9 Å². The van der Waals surface area contributed by atoms with E-state index < -0.39 is 44.8 Å². The quantitative estimate of drug-likeness (QED) is 0.0487. The number of nitrogens with two attached hydrogens (primary N) is 1. The Morgan fingerprint density at radius 1 is 0.836 bits per heavy atom. The molecule has 7 heterocycles. The zero-order valence-corrected chi connectivity index (χ0v) is 37.6. The fourth-order valence-corrected chi connectivity index (χ4v) is 11.0. The van der Waals surface area contributed by atoms with Crippen molar-refractivity contribution in [1.82, 2.24) is 20.3 Å². The van der Waals surface area contributed by atoms with Crippen LogP contribution in [0, 0.1) is 0 Å². The number of urea groups is 1. The number of aliphatic hydroxyl groups is 1. The fraction of sp³-hybridized carbons (Fsp3) is 0.391. The van der Waals surface area contributed by atoms with E-state index in [0.29, 0.717) is 75.4 Å². The van der Waals surface area contributed by atoms with E-state index in [4.69, 9.17) is 32.1 Å². The summed E-state index contributed by atoms with van der Waals surface area (Å²) in [6.07, 6.45) is 0.702. The van der Waals surface area contributed by atoms with E-state index in [1.54, 1.807) is 20.8 Å². The summed E-state index contributed by atoms with van der Waals surface area (Å²) in [5, 5.41) is 15.9. The van der Waals surface area contributed by atoms with Crippen LogP contribution in [-0.4, -0.2) is 122 Å². The lowest BCUT2D eigenvalue weighted by Gasteiger charge is -2.29. The zero-order chi connectivity index (χ0) is 46.7. The van der Waals surface area contributed by atoms with Gasteiger partial charge in [-0.15, -0.1) is 0 Å². The van der Waals surface area contributed by atoms with Gasteiger partial charge in [0.1, 0.15) is 31.0 Å². The van der Waals surface area contributed by atoms with Crippen molar-refractivity contribution in [3.63, 3.8) is 0 Å². The van der Waals surface area contributed by atoms with Crippen molar-refractivity contribution in [1.29, 1.82) is 0 Å². The maximum Gasteiger partial charge on any atom is 0.319 e. The number of methoxy groups -OCH3 is 1. The molecule has 0 saturated carbocycles. The number of aliphatic hydroxyl groups excluding tert-OH is 1. The molecule has 19 nitrogen and oxygen atoms in total. The molecule has 0 spiro atoms. The highest BCUT2D eigenvalue weighted by Crippen LogP contribution is 2.44. The van der Waals surface area contributed by atoms with Crippen LogP contribution in [-0.2, 0) is 42.3 Å². The van der Waals surface area contributed by atoms with Crippen molar-refractivity contribution in [2.24, 2.45) is 5.73 Å². The fourth-order valence-electron chi connectivity index (χ4n) is 10.1. The molecule has 21 heteroatoms. The first-order valence-electron chi connectivity index (χ1n) is 22.4. The second-order valence-corrected chi connectivity index (χ2v) is 18.8. The van der Waals surface area contributed by atoms with E-state index in [1.807, 2.05) is 48.5 Å². The average Bonchev–Trinajstić information content (AvgIpc) is 4.16. The Balaban J connectivity index is 0.740. The minimum absolute atomic E-state index is 0.102. The number of unbranched alkanes of at least 4 members (excludes halogenated alkanes) is 1. The number of rotatable bonds is 15. The van der Waals surface area contributed by atoms with Crippen LogP contribution in [0.2, 0.25) is 0 Å². The Morgan fingerprint density at radius 2 is 1.34 bits per heavy atom. The summed E-state index contributed by atoms with van der Waals surface area (Å²) < 4.78 is 32.9. The SMILES string of the molecule is [B]C1CC(OP(=O)([O-])OCC(O)CCCCNC(=O)c2cc3c4c(ccc3[nH]2)N(C(=O)c2cc3c5c(ccc3[nH]2)N(C(=O)c2cc3c6c(ccc3[nH]2)N(C(N)=O)CC6)CC5)CC4)C(COC)O1. The van der Waals surface area contributed by atoms with Gasteiger partial charge in [0.2, 0.25) is 0 Å². The Morgan fingerprint density at radius 3 is 1.88 bits per heavy atom. The van der Waals surface area contributed by atoms with Crippen LogP contribution in [0.5, 0.6) is 0 Å². The number of aromatic amines is 3. The van der Waals surface area contributed by atoms with Crippen LogP contribution in [0.3, 0.4) is 0 Å². The smallest absolute Gasteiger partial charge is 0.319 e. The summed E-state index contributed by atoms with van der Waals surface area (Å²) in [5.41, 5.74) is 14.5. The molecule has 10 rings (SSSR count). The second kappa shape index (κ2) is 17.9. The van der Waals surface area contributed by atoms with Gasteiger partial charge >= 0.3 is 6.03 Å². The predicted molar refractivity (Wildman–Crippen MR) is 248 cm³/mol. The largest absolute Gasteiger partial charge is 0.756 e. The van der Waals surface area contributed by atoms with Crippen molar-refractivity contribution in [2.75, 3.05) is 61.2 Å². The maximum atomic E-state index is 14.2. The number of H-pyrrole nitrogens is 3. The Labute approximate surface area is 385 Å². The standard InChI is InChI=1S/C46H50BN8O11P/c1-63-23-41-40(21-42(47)65-41)66-67(61,62)64-22-24(56)4-2-3-14-49-43(57)34-18-28-25-11-15-53(37(25)8-5-31(28)50-34)44(58)35-19-29-26-12-16-54(38(26)9-6-32(29)51-35)45(59)36-20-30-27-13-17-55(46(48)60)39(27)10-7-33(30)52-36/h5-10,18-20,24,40-42,50-52,56H,2-4,11-17,21-23H2,1H3,(H2,48,60)(H,49,57)(H,61,62)/p-1. The number of anilines is 3. The van der Waals surface area contributed by atoms with Gasteiger partial charge in [0.25, 0.3) is 25.5 Å². The number of nitrogens with zero attached hydrogens (tertiary/aromatic N) is 3. The first-order valence-corrected chi connectivity index (χ1v) is 23.9. The Kier molecular flexibility index (Phi) is 12.0. The number of ether oxygens (including phenoxy) is 2. The van der Waals surface area contributed by atoms with Crippen LogP contribution >= 0.6 is 7.82 Å². The summed E-state index contributed by atoms with van der Waals surface area (Å²) in [5.74, 6) is -0.653. The van der Waals surface area contributed by atoms with Crippen LogP contribution in [0.15, 0.2) is 54.6 Å². The van der Waals surface area contributed by atoms with Gasteiger partial charge in [-0.1, -0.05) is 0 Å². The summed E-state index contributed by atoms with van der Waals surface area (Å²) in [6, 6.07) is 15.6. The topological polar surface area (TPSA) is 261 Å². The number of benzene rings is 3. The van der Waals surface area contributed by atoms with Crippen LogP contribution in [0.1, 0.15) is 73.8 Å². The average molecular weight is 932 g/mol. The van der Waals surface area contributed by atoms with Crippen LogP contribution < -0.4 is 30.6 Å². The third kappa shape index (κ3) is 8.52. The van der Waals surface area contributed by atoms with Crippen molar-refractivity contribution >= 4 is 89.2 Å². The van der Waals surface area contributed by atoms with E-state index in [1.165, 1.54) is 7.11 Å². The monoisotopic (exact) mass is 931 g/mol. The lowest BCUT2D eigenvalue weighted by Crippen LogP contribution is -2.33. The van der Waals surface area contributed by atoms with Gasteiger partial charge < -0.3 is 64.3 Å². The summed E-state index contributed by atoms with van der Waals surface area (Å²) in [7, 11) is 2.46. The Bertz CT molecular complexity index is 3010. The Hall–Kier alpha value is -5.99. The minimum Gasteiger partial charge on any atom is -0.756 e. The third-order valence-corrected chi connectivity index (χ3v) is 14.3. The zero-order valence-electron chi connectivity index (χ0n) is 36.7. The number of nitrogens with one attached hydrogen (secondary N) is 4. The van der Waals surface area contributed by atoms with Gasteiger partial charge in [0, 0.05) is 89.1 Å². The second-order valence-electron chi connectivity index (χ2n) is 17.5. The molecule has 5 unspecified atom stereocenters. The molecule has 5 amide bonds. The molecular weight excluding hydrogens is 882 g/mol. The number of aromatic nitrogens is 3. The van der Waals surface area contributed by atoms with Crippen molar-refractivity contribution in [3.8, 4) is 0 Å². The van der Waals surface area contributed by atoms with Gasteiger partial charge in [-0.2, -0.15) is 0 Å². The number of amides is 5. The van der Waals surface area contributed by atoms with Gasteiger partial charge in [-0.05, 0) is 116 Å². The predicted octanol–water partition coefficient (Wildman–Crippen LogP) is 4.04. The maximum absolute atomic E-state index is 14.2. The molecule has 1 fully saturated rings. The number of carbonyl (C=O) groups excluding carboxylic acids is 4. The van der Waals surface area contributed by atoms with E-state index in [9.17, 15) is 33.7 Å². The molecule has 4 aliphatic heterocycles. The highest BCUT2D eigenvalue weighted by molar-refractivity contribution is 7.45. The van der Waals surface area contributed by atoms with Crippen molar-refractivity contribution in [3.05, 3.63) is 88.4 Å². The van der Waals surface area contributed by atoms with Crippen molar-refractivity contribution in [2.45, 2.75) is 69.3 Å². The number of phosphoric ester groups is 1. The molecule has 3 aromatic heterocycles. The number of primary amides is 1. The number of phosphoric acid groups is 1. The third-order valence-electron chi connectivity index (χ3n) is 13.3. The lowest BCUT2D eigenvalue weighted by molar-refractivity contribution is -0.233. The number of hydrogen-bond donors (Lipinski definition) is 6. The van der Waals surface area contributed by atoms with Gasteiger partial charge in [0.05, 0.1) is 25.4 Å². The van der Waals surface area contributed by atoms with Gasteiger partial charge in [-0.25, -0.2) is 4.79 Å². The molecule has 4 aliphatic rings. The van der Waals surface area contributed by atoms with E-state index in [0.717, 1.165) is 66.5 Å². The molecule has 0 aliphatic carbocycles. The summed E-state index contributed by atoms with van der Waals surface area (Å²) >= 11 is 0. The molecule has 5 atom stereocenters. The molecular formula is C46H49BN8O11P-. The normalized spacial score (nSPS) is 20.2. The highest BCUT2D eigenvalue weighted by Gasteiger charge is 2.37. The molecule has 3 aromatic carbocycles. The molecule has 1 saturated heterocycles. The number of hydrogen-bond acceptors (Lipinski definition) is 11. The summed E-state index contributed by atoms with van der Waals surface area (Å²) in [6.45, 7) is 1.38.